The van der Waals surface area contributed by atoms with Gasteiger partial charge in [0.2, 0.25) is 0 Å². The molecule has 2 aromatic heterocycles. The van der Waals surface area contributed by atoms with E-state index in [0.717, 1.165) is 48.9 Å². The normalized spacial score (nSPS) is 10.9. The fourth-order valence-electron chi connectivity index (χ4n) is 4.42. The van der Waals surface area contributed by atoms with Crippen molar-refractivity contribution in [1.29, 1.82) is 0 Å². The third-order valence-electron chi connectivity index (χ3n) is 5.89. The zero-order chi connectivity index (χ0) is 23.9. The van der Waals surface area contributed by atoms with E-state index in [-0.39, 0.29) is 13.1 Å². The van der Waals surface area contributed by atoms with Gasteiger partial charge in [0.15, 0.2) is 0 Å². The van der Waals surface area contributed by atoms with Crippen molar-refractivity contribution in [2.45, 2.75) is 40.0 Å². The Labute approximate surface area is 214 Å². The number of fused-ring (bicyclic) bond motifs is 2. The first-order valence-corrected chi connectivity index (χ1v) is 14.5. The number of aryl methyl sites for hydroxylation is 2. The van der Waals surface area contributed by atoms with Gasteiger partial charge in [-0.2, -0.15) is 0 Å². The van der Waals surface area contributed by atoms with Crippen molar-refractivity contribution in [2.24, 2.45) is 0 Å². The number of hydrogen-bond donors (Lipinski definition) is 0. The van der Waals surface area contributed by atoms with Gasteiger partial charge in [0.05, 0.1) is 35.2 Å². The molecule has 0 radical (unpaired) electrons. The molecule has 0 saturated carbocycles. The Hall–Kier alpha value is -2.50. The quantitative estimate of drug-likeness (QED) is 0.211. The topological polar surface area (TPSA) is 38.9 Å². The molecule has 177 valence electrons. The van der Waals surface area contributed by atoms with E-state index in [9.17, 15) is 0 Å². The van der Waals surface area contributed by atoms with Gasteiger partial charge >= 0.3 is 33.3 Å². The molecule has 5 rings (SSSR count). The van der Waals surface area contributed by atoms with E-state index in [2.05, 4.69) is 107 Å². The molecule has 5 aromatic rings. The van der Waals surface area contributed by atoms with Crippen LogP contribution in [-0.2, 0) is 39.3 Å². The molecule has 0 aliphatic heterocycles. The predicted molar refractivity (Wildman–Crippen MR) is 139 cm³/mol. The van der Waals surface area contributed by atoms with Crippen LogP contribution in [0, 0.1) is 0 Å². The summed E-state index contributed by atoms with van der Waals surface area (Å²) in [6.07, 6.45) is 0. The molecule has 0 spiro atoms. The molecule has 3 aromatic carbocycles. The van der Waals surface area contributed by atoms with Crippen LogP contribution in [0.3, 0.4) is 0 Å². The van der Waals surface area contributed by atoms with Crippen LogP contribution in [-0.4, -0.2) is 19.1 Å². The van der Waals surface area contributed by atoms with Gasteiger partial charge in [-0.3, -0.25) is 0 Å². The summed E-state index contributed by atoms with van der Waals surface area (Å²) in [5, 5.41) is 0. The molecule has 34 heavy (non-hydrogen) atoms. The van der Waals surface area contributed by atoms with Gasteiger partial charge in [-0.25, -0.2) is 9.97 Å². The summed E-state index contributed by atoms with van der Waals surface area (Å²) >= 11 is 0.00694. The van der Waals surface area contributed by atoms with E-state index in [0.29, 0.717) is 0 Å². The number of nitrogens with zero attached hydrogens (tertiary/aromatic N) is 5. The van der Waals surface area contributed by atoms with Gasteiger partial charge in [0.1, 0.15) is 11.6 Å². The summed E-state index contributed by atoms with van der Waals surface area (Å²) in [5.41, 5.74) is 5.65. The van der Waals surface area contributed by atoms with Crippen LogP contribution in [0.25, 0.3) is 22.1 Å². The molecule has 0 fully saturated rings. The average Bonchev–Trinajstić information content (AvgIpc) is 3.41. The van der Waals surface area contributed by atoms with Gasteiger partial charge in [0.25, 0.3) is 0 Å². The van der Waals surface area contributed by atoms with Crippen LogP contribution in [0.5, 0.6) is 0 Å². The van der Waals surface area contributed by atoms with E-state index < -0.39 is 0 Å². The molecule has 0 saturated heterocycles. The number of hydrogen-bond acceptors (Lipinski definition) is 3. The molecular weight excluding hydrogens is 508 g/mol. The van der Waals surface area contributed by atoms with E-state index in [1.807, 2.05) is 0 Å². The molecule has 0 unspecified atom stereocenters. The van der Waals surface area contributed by atoms with Gasteiger partial charge < -0.3 is 14.0 Å². The zero-order valence-corrected chi connectivity index (χ0v) is 21.9. The summed E-state index contributed by atoms with van der Waals surface area (Å²) in [4.78, 5) is 12.3. The van der Waals surface area contributed by atoms with E-state index in [1.54, 1.807) is 0 Å². The molecule has 0 atom stereocenters. The summed E-state index contributed by atoms with van der Waals surface area (Å²) in [5.74, 6) is 2.15. The fourth-order valence-corrected chi connectivity index (χ4v) is 4.42. The third-order valence-corrected chi connectivity index (χ3v) is 5.89. The van der Waals surface area contributed by atoms with E-state index >= 15 is 0 Å². The second-order valence-corrected chi connectivity index (χ2v) is 9.72. The van der Waals surface area contributed by atoms with Gasteiger partial charge in [-0.1, -0.05) is 42.5 Å². The summed E-state index contributed by atoms with van der Waals surface area (Å²) in [7, 11) is 9.59. The molecule has 8 heteroatoms. The Balaban J connectivity index is 0.000000868. The molecular formula is C26H27Cl2MnN5. The van der Waals surface area contributed by atoms with Crippen molar-refractivity contribution in [3.63, 3.8) is 0 Å². The van der Waals surface area contributed by atoms with Crippen LogP contribution in [0.1, 0.15) is 25.5 Å². The summed E-state index contributed by atoms with van der Waals surface area (Å²) in [6, 6.07) is 27.3. The molecule has 0 aliphatic carbocycles. The third kappa shape index (κ3) is 5.26. The molecule has 0 aliphatic rings. The molecule has 0 N–H and O–H groups in total. The summed E-state index contributed by atoms with van der Waals surface area (Å²) < 4.78 is 4.63. The Kier molecular flexibility index (Phi) is 8.52. The minimum absolute atomic E-state index is 0.00694. The Morgan fingerprint density at radius 3 is 1.53 bits per heavy atom. The van der Waals surface area contributed by atoms with Crippen LogP contribution in [0.4, 0.5) is 5.69 Å². The van der Waals surface area contributed by atoms with Crippen LogP contribution < -0.4 is 4.90 Å². The molecule has 0 amide bonds. The van der Waals surface area contributed by atoms with Gasteiger partial charge in [0, 0.05) is 18.8 Å². The SMILES string of the molecule is CCn1c(CN(Cc2nc3ccccc3n2CC)c2ccccc2)nc2ccccc21.[Cl][Mn][Cl]. The van der Waals surface area contributed by atoms with Gasteiger partial charge in [-0.05, 0) is 50.2 Å². The number of benzene rings is 3. The molecule has 2 heterocycles. The van der Waals surface area contributed by atoms with Gasteiger partial charge in [-0.15, -0.1) is 0 Å². The predicted octanol–water partition coefficient (Wildman–Crippen LogP) is 7.01. The van der Waals surface area contributed by atoms with Crippen molar-refractivity contribution < 1.29 is 13.1 Å². The van der Waals surface area contributed by atoms with Crippen molar-refractivity contribution in [3.05, 3.63) is 90.5 Å². The van der Waals surface area contributed by atoms with Crippen molar-refractivity contribution in [3.8, 4) is 0 Å². The second-order valence-electron chi connectivity index (χ2n) is 7.77. The first-order chi connectivity index (χ1) is 16.7. The number of para-hydroxylation sites is 5. The monoisotopic (exact) mass is 534 g/mol. The van der Waals surface area contributed by atoms with Crippen molar-refractivity contribution >= 4 is 48.0 Å². The summed E-state index contributed by atoms with van der Waals surface area (Å²) in [6.45, 7) is 7.60. The van der Waals surface area contributed by atoms with Crippen LogP contribution in [0.15, 0.2) is 78.9 Å². The van der Waals surface area contributed by atoms with Crippen molar-refractivity contribution in [1.82, 2.24) is 19.1 Å². The maximum absolute atomic E-state index is 4.97. The van der Waals surface area contributed by atoms with E-state index in [4.69, 9.17) is 30.2 Å². The maximum atomic E-state index is 4.97. The Morgan fingerprint density at radius 1 is 0.676 bits per heavy atom. The number of imidazole rings is 2. The average molecular weight is 535 g/mol. The fraction of sp³-hybridized carbons (Fsp3) is 0.231. The Bertz CT molecular complexity index is 1270. The number of halogens is 2. The first-order valence-electron chi connectivity index (χ1n) is 11.2. The Morgan fingerprint density at radius 2 is 1.09 bits per heavy atom. The standard InChI is InChI=1S/C26H27N5.2ClH.Mn/c1-3-30-23-16-10-8-14-21(23)27-25(30)18-29(20-12-6-5-7-13-20)19-26-28-22-15-9-11-17-24(22)31(26)4-2;;;/h5-17H,3-4,18-19H2,1-2H3;2*1H;/q;;;+2/p-2. The van der Waals surface area contributed by atoms with Crippen LogP contribution >= 0.6 is 20.2 Å². The minimum atomic E-state index is 0.00694. The van der Waals surface area contributed by atoms with E-state index in [1.165, 1.54) is 16.7 Å². The molecule has 5 nitrogen and oxygen atoms in total. The number of anilines is 1. The number of rotatable bonds is 7. The first kappa shape index (κ1) is 24.6. The second kappa shape index (κ2) is 11.8. The molecule has 0 bridgehead atoms. The van der Waals surface area contributed by atoms with Crippen LogP contribution in [0.2, 0.25) is 0 Å². The number of aromatic nitrogens is 4. The zero-order valence-electron chi connectivity index (χ0n) is 19.2. The van der Waals surface area contributed by atoms with Crippen molar-refractivity contribution in [2.75, 3.05) is 4.90 Å².